The average molecular weight is 555 g/mol. The van der Waals surface area contributed by atoms with E-state index in [0.717, 1.165) is 14.9 Å². The van der Waals surface area contributed by atoms with E-state index in [4.69, 9.17) is 23.2 Å². The normalized spacial score (nSPS) is 14.9. The van der Waals surface area contributed by atoms with Gasteiger partial charge in [-0.3, -0.25) is 4.79 Å². The van der Waals surface area contributed by atoms with E-state index in [1.807, 2.05) is 24.3 Å². The number of nitrogens with one attached hydrogen (secondary N) is 1. The second kappa shape index (κ2) is 9.00. The van der Waals surface area contributed by atoms with Gasteiger partial charge in [-0.25, -0.2) is 8.42 Å². The van der Waals surface area contributed by atoms with Crippen LogP contribution in [-0.4, -0.2) is 14.3 Å². The van der Waals surface area contributed by atoms with E-state index < -0.39 is 9.84 Å². The minimum absolute atomic E-state index is 0.0866. The largest absolute Gasteiger partial charge is 0.320 e. The fraction of sp³-hybridized carbons (Fsp3) is 0.0455. The molecule has 3 aromatic rings. The third kappa shape index (κ3) is 5.02. The Morgan fingerprint density at radius 3 is 2.35 bits per heavy atom. The second-order valence-electron chi connectivity index (χ2n) is 6.73. The van der Waals surface area contributed by atoms with Crippen LogP contribution >= 0.6 is 50.9 Å². The predicted octanol–water partition coefficient (Wildman–Crippen LogP) is 6.82. The zero-order chi connectivity index (χ0) is 22.2. The van der Waals surface area contributed by atoms with Crippen LogP contribution in [0.1, 0.15) is 11.1 Å². The van der Waals surface area contributed by atoms with Crippen molar-refractivity contribution in [1.29, 1.82) is 0 Å². The molecule has 0 atom stereocenters. The second-order valence-corrected chi connectivity index (χ2v) is 11.5. The summed E-state index contributed by atoms with van der Waals surface area (Å²) in [5.74, 6) is -0.621. The van der Waals surface area contributed by atoms with Crippen LogP contribution in [0.4, 0.5) is 5.69 Å². The summed E-state index contributed by atoms with van der Waals surface area (Å²) < 4.78 is 26.9. The number of carbonyl (C=O) groups excluding carboxylic acids is 1. The molecule has 0 saturated carbocycles. The molecule has 0 fully saturated rings. The Balaban J connectivity index is 1.62. The quantitative estimate of drug-likeness (QED) is 0.359. The summed E-state index contributed by atoms with van der Waals surface area (Å²) in [6.07, 6.45) is 1.79. The first-order valence-corrected chi connectivity index (χ1v) is 13.0. The van der Waals surface area contributed by atoms with Gasteiger partial charge < -0.3 is 5.32 Å². The maximum Gasteiger partial charge on any atom is 0.262 e. The molecule has 3 aromatic carbocycles. The molecule has 0 aliphatic carbocycles. The fourth-order valence-corrected chi connectivity index (χ4v) is 6.30. The van der Waals surface area contributed by atoms with E-state index in [2.05, 4.69) is 21.2 Å². The van der Waals surface area contributed by atoms with Crippen molar-refractivity contribution in [3.05, 3.63) is 91.2 Å². The van der Waals surface area contributed by atoms with Gasteiger partial charge in [0.15, 0.2) is 9.84 Å². The van der Waals surface area contributed by atoms with Gasteiger partial charge in [0, 0.05) is 25.0 Å². The molecule has 0 bridgehead atoms. The number of fused-ring (bicyclic) bond motifs is 1. The summed E-state index contributed by atoms with van der Waals surface area (Å²) in [6.45, 7) is 0. The first-order chi connectivity index (χ1) is 14.7. The highest BCUT2D eigenvalue weighted by atomic mass is 79.9. The van der Waals surface area contributed by atoms with Gasteiger partial charge in [0.25, 0.3) is 5.91 Å². The SMILES string of the molecule is O=C1Nc2cc(S(=O)(=O)Cc3c(Cl)cccc3Cl)ccc2SC1=Cc1ccc(Br)cc1. The molecule has 1 heterocycles. The van der Waals surface area contributed by atoms with Crippen LogP contribution in [0.2, 0.25) is 10.0 Å². The Morgan fingerprint density at radius 1 is 1.00 bits per heavy atom. The van der Waals surface area contributed by atoms with Gasteiger partial charge in [-0.2, -0.15) is 0 Å². The Bertz CT molecular complexity index is 1300. The molecule has 0 aromatic heterocycles. The number of anilines is 1. The summed E-state index contributed by atoms with van der Waals surface area (Å²) in [6, 6.07) is 17.1. The number of thioether (sulfide) groups is 1. The molecule has 158 valence electrons. The highest BCUT2D eigenvalue weighted by molar-refractivity contribution is 9.10. The molecule has 0 saturated heterocycles. The zero-order valence-corrected chi connectivity index (χ0v) is 20.5. The van der Waals surface area contributed by atoms with E-state index >= 15 is 0 Å². The van der Waals surface area contributed by atoms with E-state index in [-0.39, 0.29) is 16.6 Å². The van der Waals surface area contributed by atoms with Crippen LogP contribution in [0.3, 0.4) is 0 Å². The van der Waals surface area contributed by atoms with Crippen LogP contribution < -0.4 is 5.32 Å². The molecule has 1 N–H and O–H groups in total. The lowest BCUT2D eigenvalue weighted by molar-refractivity contribution is -0.112. The van der Waals surface area contributed by atoms with Crippen molar-refractivity contribution in [2.45, 2.75) is 15.5 Å². The lowest BCUT2D eigenvalue weighted by Crippen LogP contribution is -2.18. The third-order valence-electron chi connectivity index (χ3n) is 4.57. The standard InChI is InChI=1S/C22H14BrCl2NO3S2/c23-14-6-4-13(5-7-14)10-21-22(27)26-19-11-15(8-9-20(19)30-21)31(28,29)12-16-17(24)2-1-3-18(16)25/h1-11H,12H2,(H,26,27). The molecule has 0 spiro atoms. The minimum Gasteiger partial charge on any atom is -0.320 e. The minimum atomic E-state index is -3.72. The van der Waals surface area contributed by atoms with Gasteiger partial charge in [0.2, 0.25) is 0 Å². The van der Waals surface area contributed by atoms with Crippen LogP contribution in [-0.2, 0) is 20.4 Å². The lowest BCUT2D eigenvalue weighted by atomic mass is 10.2. The van der Waals surface area contributed by atoms with Crippen molar-refractivity contribution in [2.24, 2.45) is 0 Å². The summed E-state index contributed by atoms with van der Waals surface area (Å²) in [5, 5.41) is 3.37. The van der Waals surface area contributed by atoms with Crippen molar-refractivity contribution in [3.8, 4) is 0 Å². The summed E-state index contributed by atoms with van der Waals surface area (Å²) in [5.41, 5.74) is 1.69. The number of halogens is 3. The van der Waals surface area contributed by atoms with Crippen molar-refractivity contribution in [1.82, 2.24) is 0 Å². The first kappa shape index (κ1) is 22.4. The van der Waals surface area contributed by atoms with Gasteiger partial charge in [-0.15, -0.1) is 0 Å². The number of hydrogen-bond donors (Lipinski definition) is 1. The average Bonchev–Trinajstić information content (AvgIpc) is 2.72. The monoisotopic (exact) mass is 553 g/mol. The maximum atomic E-state index is 13.0. The summed E-state index contributed by atoms with van der Waals surface area (Å²) >= 11 is 16.9. The topological polar surface area (TPSA) is 63.2 Å². The number of amides is 1. The highest BCUT2D eigenvalue weighted by Crippen LogP contribution is 2.40. The Kier molecular flexibility index (Phi) is 6.51. The number of carbonyl (C=O) groups is 1. The lowest BCUT2D eigenvalue weighted by Gasteiger charge is -2.19. The van der Waals surface area contributed by atoms with Crippen molar-refractivity contribution in [3.63, 3.8) is 0 Å². The predicted molar refractivity (Wildman–Crippen MR) is 130 cm³/mol. The van der Waals surface area contributed by atoms with Crippen molar-refractivity contribution < 1.29 is 13.2 Å². The Hall–Kier alpha value is -1.77. The number of hydrogen-bond acceptors (Lipinski definition) is 4. The number of sulfone groups is 1. The van der Waals surface area contributed by atoms with E-state index in [1.165, 1.54) is 23.9 Å². The van der Waals surface area contributed by atoms with E-state index in [9.17, 15) is 13.2 Å². The van der Waals surface area contributed by atoms with Crippen molar-refractivity contribution in [2.75, 3.05) is 5.32 Å². The van der Waals surface area contributed by atoms with Gasteiger partial charge in [0.1, 0.15) is 0 Å². The molecular formula is C22H14BrCl2NO3S2. The first-order valence-electron chi connectivity index (χ1n) is 8.99. The number of benzene rings is 3. The summed E-state index contributed by atoms with van der Waals surface area (Å²) in [4.78, 5) is 13.9. The van der Waals surface area contributed by atoms with Gasteiger partial charge in [0.05, 0.1) is 21.2 Å². The van der Waals surface area contributed by atoms with Crippen molar-refractivity contribution >= 4 is 78.4 Å². The molecule has 1 aliphatic rings. The fourth-order valence-electron chi connectivity index (χ4n) is 2.99. The van der Waals surface area contributed by atoms with Crippen LogP contribution in [0.15, 0.2) is 79.8 Å². The highest BCUT2D eigenvalue weighted by Gasteiger charge is 2.25. The van der Waals surface area contributed by atoms with Gasteiger partial charge in [-0.1, -0.05) is 69.1 Å². The molecule has 0 unspecified atom stereocenters. The number of rotatable bonds is 4. The third-order valence-corrected chi connectivity index (χ3v) is 8.54. The molecule has 1 amide bonds. The summed E-state index contributed by atoms with van der Waals surface area (Å²) in [7, 11) is -3.72. The molecule has 4 nitrogen and oxygen atoms in total. The molecule has 1 aliphatic heterocycles. The van der Waals surface area contributed by atoms with E-state index in [1.54, 1.807) is 30.3 Å². The Morgan fingerprint density at radius 2 is 1.68 bits per heavy atom. The molecule has 9 heteroatoms. The maximum absolute atomic E-state index is 13.0. The molecule has 4 rings (SSSR count). The van der Waals surface area contributed by atoms with Gasteiger partial charge in [-0.05, 0) is 54.1 Å². The smallest absolute Gasteiger partial charge is 0.262 e. The van der Waals surface area contributed by atoms with Crippen LogP contribution in [0.5, 0.6) is 0 Å². The Labute approximate surface area is 202 Å². The van der Waals surface area contributed by atoms with Gasteiger partial charge >= 0.3 is 0 Å². The zero-order valence-electron chi connectivity index (χ0n) is 15.7. The molecule has 31 heavy (non-hydrogen) atoms. The van der Waals surface area contributed by atoms with Crippen LogP contribution in [0, 0.1) is 0 Å². The van der Waals surface area contributed by atoms with Crippen LogP contribution in [0.25, 0.3) is 6.08 Å². The molecular weight excluding hydrogens is 541 g/mol. The van der Waals surface area contributed by atoms with E-state index in [0.29, 0.717) is 26.2 Å². The molecule has 0 radical (unpaired) electrons.